The molecule has 4 nitrogen and oxygen atoms in total. The third-order valence-corrected chi connectivity index (χ3v) is 4.06. The van der Waals surface area contributed by atoms with Gasteiger partial charge in [0.15, 0.2) is 0 Å². The molecular formula is C12H22N2O2. The highest BCUT2D eigenvalue weighted by atomic mass is 16.3. The van der Waals surface area contributed by atoms with Crippen LogP contribution in [0.15, 0.2) is 0 Å². The van der Waals surface area contributed by atoms with Gasteiger partial charge in [-0.2, -0.15) is 0 Å². The predicted molar refractivity (Wildman–Crippen MR) is 62.0 cm³/mol. The van der Waals surface area contributed by atoms with Gasteiger partial charge in [-0.3, -0.25) is 4.79 Å². The lowest BCUT2D eigenvalue weighted by Gasteiger charge is -2.33. The molecule has 1 amide bonds. The third kappa shape index (κ3) is 2.38. The maximum absolute atomic E-state index is 12.1. The van der Waals surface area contributed by atoms with Gasteiger partial charge in [0.1, 0.15) is 0 Å². The van der Waals surface area contributed by atoms with Crippen LogP contribution in [-0.2, 0) is 4.79 Å². The van der Waals surface area contributed by atoms with Crippen LogP contribution in [0.3, 0.4) is 0 Å². The van der Waals surface area contributed by atoms with Crippen molar-refractivity contribution in [3.05, 3.63) is 0 Å². The minimum Gasteiger partial charge on any atom is -0.396 e. The van der Waals surface area contributed by atoms with Crippen LogP contribution in [0.1, 0.15) is 32.6 Å². The molecule has 1 atom stereocenters. The molecule has 4 heteroatoms. The molecule has 92 valence electrons. The minimum absolute atomic E-state index is 0.00805. The molecule has 0 radical (unpaired) electrons. The number of carbonyl (C=O) groups is 1. The summed E-state index contributed by atoms with van der Waals surface area (Å²) in [6.07, 6.45) is 4.10. The van der Waals surface area contributed by atoms with E-state index in [1.165, 1.54) is 0 Å². The highest BCUT2D eigenvalue weighted by Gasteiger charge is 2.43. The molecule has 16 heavy (non-hydrogen) atoms. The second kappa shape index (κ2) is 4.34. The van der Waals surface area contributed by atoms with Crippen molar-refractivity contribution in [2.45, 2.75) is 32.6 Å². The monoisotopic (exact) mass is 226 g/mol. The molecule has 1 unspecified atom stereocenters. The summed E-state index contributed by atoms with van der Waals surface area (Å²) in [5.41, 5.74) is -0.252. The molecule has 0 spiro atoms. The van der Waals surface area contributed by atoms with Gasteiger partial charge in [0.2, 0.25) is 5.91 Å². The van der Waals surface area contributed by atoms with E-state index in [-0.39, 0.29) is 23.3 Å². The van der Waals surface area contributed by atoms with Crippen LogP contribution in [0.5, 0.6) is 0 Å². The van der Waals surface area contributed by atoms with Crippen molar-refractivity contribution in [1.82, 2.24) is 10.6 Å². The van der Waals surface area contributed by atoms with Gasteiger partial charge in [-0.1, -0.05) is 0 Å². The zero-order valence-electron chi connectivity index (χ0n) is 10.0. The summed E-state index contributed by atoms with van der Waals surface area (Å²) < 4.78 is 0. The summed E-state index contributed by atoms with van der Waals surface area (Å²) in [4.78, 5) is 12.1. The predicted octanol–water partition coefficient (Wildman–Crippen LogP) is 0.265. The Hall–Kier alpha value is -0.610. The maximum Gasteiger partial charge on any atom is 0.227 e. The van der Waals surface area contributed by atoms with Crippen LogP contribution in [0, 0.1) is 10.8 Å². The van der Waals surface area contributed by atoms with E-state index in [9.17, 15) is 9.90 Å². The summed E-state index contributed by atoms with van der Waals surface area (Å²) in [6, 6.07) is 0. The van der Waals surface area contributed by atoms with Crippen LogP contribution < -0.4 is 10.6 Å². The van der Waals surface area contributed by atoms with E-state index in [1.807, 2.05) is 6.92 Å². The summed E-state index contributed by atoms with van der Waals surface area (Å²) in [5, 5.41) is 15.5. The molecule has 1 aliphatic carbocycles. The first-order valence-electron chi connectivity index (χ1n) is 6.20. The Morgan fingerprint density at radius 1 is 1.44 bits per heavy atom. The van der Waals surface area contributed by atoms with Crippen molar-refractivity contribution >= 4 is 5.91 Å². The topological polar surface area (TPSA) is 61.4 Å². The van der Waals surface area contributed by atoms with E-state index < -0.39 is 0 Å². The summed E-state index contributed by atoms with van der Waals surface area (Å²) in [7, 11) is 0. The molecule has 3 N–H and O–H groups in total. The maximum atomic E-state index is 12.1. The number of hydrogen-bond donors (Lipinski definition) is 3. The molecule has 1 aliphatic heterocycles. The number of nitrogens with one attached hydrogen (secondary N) is 2. The molecular weight excluding hydrogens is 204 g/mol. The quantitative estimate of drug-likeness (QED) is 0.644. The number of hydrogen-bond acceptors (Lipinski definition) is 3. The van der Waals surface area contributed by atoms with Crippen molar-refractivity contribution in [2.75, 3.05) is 26.2 Å². The zero-order chi connectivity index (χ0) is 11.6. The molecule has 0 aromatic carbocycles. The highest BCUT2D eigenvalue weighted by Crippen LogP contribution is 2.44. The van der Waals surface area contributed by atoms with E-state index in [1.54, 1.807) is 0 Å². The Bertz CT molecular complexity index is 268. The van der Waals surface area contributed by atoms with Crippen LogP contribution in [-0.4, -0.2) is 37.3 Å². The molecule has 0 bridgehead atoms. The minimum atomic E-state index is -0.260. The van der Waals surface area contributed by atoms with E-state index >= 15 is 0 Å². The molecule has 0 aromatic rings. The molecule has 1 saturated heterocycles. The lowest BCUT2D eigenvalue weighted by atomic mass is 9.82. The fourth-order valence-corrected chi connectivity index (χ4v) is 2.30. The normalized spacial score (nSPS) is 32.1. The molecule has 2 fully saturated rings. The Labute approximate surface area is 96.8 Å². The fourth-order valence-electron chi connectivity index (χ4n) is 2.30. The number of aliphatic hydroxyl groups excluding tert-OH is 1. The van der Waals surface area contributed by atoms with Crippen molar-refractivity contribution in [1.29, 1.82) is 0 Å². The number of aliphatic hydroxyl groups is 1. The van der Waals surface area contributed by atoms with E-state index in [0.717, 1.165) is 38.8 Å². The second-order valence-electron chi connectivity index (χ2n) is 5.68. The van der Waals surface area contributed by atoms with Crippen LogP contribution >= 0.6 is 0 Å². The number of rotatable bonds is 4. The summed E-state index contributed by atoms with van der Waals surface area (Å²) in [5.74, 6) is 0.138. The van der Waals surface area contributed by atoms with Crippen LogP contribution in [0.4, 0.5) is 0 Å². The van der Waals surface area contributed by atoms with Crippen LogP contribution in [0.25, 0.3) is 0 Å². The average Bonchev–Trinajstić information content (AvgIpc) is 3.07. The molecule has 1 saturated carbocycles. The molecule has 2 aliphatic rings. The second-order valence-corrected chi connectivity index (χ2v) is 5.68. The first-order chi connectivity index (χ1) is 7.60. The Morgan fingerprint density at radius 2 is 2.19 bits per heavy atom. The smallest absolute Gasteiger partial charge is 0.227 e. The summed E-state index contributed by atoms with van der Waals surface area (Å²) in [6.45, 7) is 4.64. The fraction of sp³-hybridized carbons (Fsp3) is 0.917. The van der Waals surface area contributed by atoms with Crippen molar-refractivity contribution < 1.29 is 9.90 Å². The van der Waals surface area contributed by atoms with Gasteiger partial charge in [-0.25, -0.2) is 0 Å². The summed E-state index contributed by atoms with van der Waals surface area (Å²) >= 11 is 0. The van der Waals surface area contributed by atoms with Crippen molar-refractivity contribution in [3.63, 3.8) is 0 Å². The zero-order valence-corrected chi connectivity index (χ0v) is 10.0. The Kier molecular flexibility index (Phi) is 3.22. The first-order valence-corrected chi connectivity index (χ1v) is 6.20. The highest BCUT2D eigenvalue weighted by molar-refractivity contribution is 5.82. The van der Waals surface area contributed by atoms with Gasteiger partial charge in [-0.15, -0.1) is 0 Å². The number of carbonyl (C=O) groups excluding carboxylic acids is 1. The van der Waals surface area contributed by atoms with Crippen LogP contribution in [0.2, 0.25) is 0 Å². The number of piperidine rings is 1. The number of amides is 1. The van der Waals surface area contributed by atoms with Gasteiger partial charge >= 0.3 is 0 Å². The lowest BCUT2D eigenvalue weighted by molar-refractivity contribution is -0.131. The van der Waals surface area contributed by atoms with E-state index in [2.05, 4.69) is 10.6 Å². The Balaban J connectivity index is 1.82. The average molecular weight is 226 g/mol. The molecule has 1 heterocycles. The van der Waals surface area contributed by atoms with Gasteiger partial charge < -0.3 is 15.7 Å². The van der Waals surface area contributed by atoms with E-state index in [4.69, 9.17) is 0 Å². The third-order valence-electron chi connectivity index (χ3n) is 4.06. The van der Waals surface area contributed by atoms with Crippen molar-refractivity contribution in [3.8, 4) is 0 Å². The van der Waals surface area contributed by atoms with Gasteiger partial charge in [0.25, 0.3) is 0 Å². The van der Waals surface area contributed by atoms with E-state index in [0.29, 0.717) is 6.54 Å². The lowest BCUT2D eigenvalue weighted by Crippen LogP contribution is -2.49. The first kappa shape index (κ1) is 11.9. The molecule has 0 aromatic heterocycles. The van der Waals surface area contributed by atoms with Gasteiger partial charge in [0.05, 0.1) is 12.0 Å². The largest absolute Gasteiger partial charge is 0.396 e. The Morgan fingerprint density at radius 3 is 2.69 bits per heavy atom. The van der Waals surface area contributed by atoms with Crippen molar-refractivity contribution in [2.24, 2.45) is 10.8 Å². The molecule has 2 rings (SSSR count). The SMILES string of the molecule is CC1(C(=O)NCC2(CO)CC2)CCCNC1. The van der Waals surface area contributed by atoms with Gasteiger partial charge in [-0.05, 0) is 39.2 Å². The van der Waals surface area contributed by atoms with Gasteiger partial charge in [0, 0.05) is 18.5 Å². The standard InChI is InChI=1S/C12H22N2O2/c1-11(3-2-6-13-7-11)10(16)14-8-12(9-15)4-5-12/h13,15H,2-9H2,1H3,(H,14,16).